The number of imidazole rings is 1. The highest BCUT2D eigenvalue weighted by molar-refractivity contribution is 9.10. The van der Waals surface area contributed by atoms with Crippen molar-refractivity contribution in [3.63, 3.8) is 0 Å². The number of hydrogen-bond donors (Lipinski definition) is 0. The van der Waals surface area contributed by atoms with Crippen LogP contribution in [0.2, 0.25) is 0 Å². The van der Waals surface area contributed by atoms with E-state index in [4.69, 9.17) is 4.98 Å². The highest BCUT2D eigenvalue weighted by Gasteiger charge is 2.36. The SMILES string of the molecule is CC(C)(C)c1nc2ccccc2n1C1CN(C(=O)c2cncc(Br)c2)C1. The number of likely N-dealkylation sites (tertiary alicyclic amines) is 1. The minimum absolute atomic E-state index is 0.0248. The largest absolute Gasteiger partial charge is 0.334 e. The Balaban J connectivity index is 1.62. The van der Waals surface area contributed by atoms with Crippen LogP contribution in [0.1, 0.15) is 43.0 Å². The number of carbonyl (C=O) groups excluding carboxylic acids is 1. The topological polar surface area (TPSA) is 51.0 Å². The molecule has 0 saturated carbocycles. The van der Waals surface area contributed by atoms with Crippen molar-refractivity contribution in [2.24, 2.45) is 0 Å². The van der Waals surface area contributed by atoms with Gasteiger partial charge in [-0.15, -0.1) is 0 Å². The molecular weight excluding hydrogens is 392 g/mol. The fourth-order valence-corrected chi connectivity index (χ4v) is 3.80. The average Bonchev–Trinajstić information content (AvgIpc) is 2.93. The number of pyridine rings is 1. The van der Waals surface area contributed by atoms with E-state index in [1.165, 1.54) is 0 Å². The van der Waals surface area contributed by atoms with Crippen LogP contribution in [-0.4, -0.2) is 38.4 Å². The molecule has 1 fully saturated rings. The van der Waals surface area contributed by atoms with Crippen LogP contribution in [0, 0.1) is 0 Å². The quantitative estimate of drug-likeness (QED) is 0.633. The summed E-state index contributed by atoms with van der Waals surface area (Å²) >= 11 is 3.38. The molecule has 0 N–H and O–H groups in total. The summed E-state index contributed by atoms with van der Waals surface area (Å²) in [6, 6.07) is 10.3. The molecule has 0 radical (unpaired) electrons. The maximum atomic E-state index is 12.7. The van der Waals surface area contributed by atoms with Crippen LogP contribution < -0.4 is 0 Å². The van der Waals surface area contributed by atoms with E-state index < -0.39 is 0 Å². The lowest BCUT2D eigenvalue weighted by molar-refractivity contribution is 0.0518. The second kappa shape index (κ2) is 6.20. The highest BCUT2D eigenvalue weighted by atomic mass is 79.9. The first-order chi connectivity index (χ1) is 12.3. The van der Waals surface area contributed by atoms with E-state index >= 15 is 0 Å². The summed E-state index contributed by atoms with van der Waals surface area (Å²) in [7, 11) is 0. The number of amides is 1. The molecule has 1 aromatic carbocycles. The number of nitrogens with zero attached hydrogens (tertiary/aromatic N) is 4. The zero-order chi connectivity index (χ0) is 18.5. The van der Waals surface area contributed by atoms with Gasteiger partial charge in [-0.3, -0.25) is 9.78 Å². The van der Waals surface area contributed by atoms with E-state index in [2.05, 4.69) is 58.4 Å². The zero-order valence-corrected chi connectivity index (χ0v) is 16.7. The maximum absolute atomic E-state index is 12.7. The molecule has 3 heterocycles. The molecule has 3 aromatic rings. The Hall–Kier alpha value is -2.21. The summed E-state index contributed by atoms with van der Waals surface area (Å²) in [6.07, 6.45) is 3.30. The Morgan fingerprint density at radius 2 is 1.92 bits per heavy atom. The van der Waals surface area contributed by atoms with Gasteiger partial charge in [0.05, 0.1) is 22.6 Å². The van der Waals surface area contributed by atoms with Crippen LogP contribution in [-0.2, 0) is 5.41 Å². The molecule has 134 valence electrons. The summed E-state index contributed by atoms with van der Waals surface area (Å²) < 4.78 is 3.13. The van der Waals surface area contributed by atoms with Crippen LogP contribution in [0.4, 0.5) is 0 Å². The molecular formula is C20H21BrN4O. The number of para-hydroxylation sites is 2. The molecule has 2 aromatic heterocycles. The van der Waals surface area contributed by atoms with Gasteiger partial charge in [-0.05, 0) is 34.1 Å². The van der Waals surface area contributed by atoms with Gasteiger partial charge >= 0.3 is 0 Å². The van der Waals surface area contributed by atoms with Gasteiger partial charge in [0.25, 0.3) is 5.91 Å². The molecule has 4 rings (SSSR count). The fraction of sp³-hybridized carbons (Fsp3) is 0.350. The highest BCUT2D eigenvalue weighted by Crippen LogP contribution is 2.33. The molecule has 6 heteroatoms. The third-order valence-corrected chi connectivity index (χ3v) is 5.17. The number of carbonyl (C=O) groups is 1. The number of fused-ring (bicyclic) bond motifs is 1. The van der Waals surface area contributed by atoms with Crippen molar-refractivity contribution in [1.82, 2.24) is 19.4 Å². The maximum Gasteiger partial charge on any atom is 0.255 e. The molecule has 0 atom stereocenters. The van der Waals surface area contributed by atoms with E-state index in [-0.39, 0.29) is 17.4 Å². The Kier molecular flexibility index (Phi) is 4.10. The fourth-order valence-electron chi connectivity index (χ4n) is 3.44. The van der Waals surface area contributed by atoms with Crippen molar-refractivity contribution < 1.29 is 4.79 Å². The van der Waals surface area contributed by atoms with Gasteiger partial charge in [-0.1, -0.05) is 32.9 Å². The van der Waals surface area contributed by atoms with Gasteiger partial charge in [-0.25, -0.2) is 4.98 Å². The number of rotatable bonds is 2. The summed E-state index contributed by atoms with van der Waals surface area (Å²) in [6.45, 7) is 7.92. The Bertz CT molecular complexity index is 983. The third-order valence-electron chi connectivity index (χ3n) is 4.73. The second-order valence-corrected chi connectivity index (χ2v) is 8.72. The first-order valence-electron chi connectivity index (χ1n) is 8.72. The van der Waals surface area contributed by atoms with E-state index in [1.807, 2.05) is 23.1 Å². The lowest BCUT2D eigenvalue weighted by atomic mass is 9.94. The Labute approximate surface area is 161 Å². The van der Waals surface area contributed by atoms with Gasteiger partial charge < -0.3 is 9.47 Å². The van der Waals surface area contributed by atoms with Crippen LogP contribution >= 0.6 is 15.9 Å². The van der Waals surface area contributed by atoms with Crippen molar-refractivity contribution in [3.8, 4) is 0 Å². The van der Waals surface area contributed by atoms with Gasteiger partial charge in [0.15, 0.2) is 0 Å². The predicted molar refractivity (Wildman–Crippen MR) is 105 cm³/mol. The minimum atomic E-state index is -0.0579. The smallest absolute Gasteiger partial charge is 0.255 e. The van der Waals surface area contributed by atoms with Crippen LogP contribution in [0.15, 0.2) is 47.2 Å². The number of halogens is 1. The molecule has 0 aliphatic carbocycles. The number of aromatic nitrogens is 3. The number of hydrogen-bond acceptors (Lipinski definition) is 3. The molecule has 5 nitrogen and oxygen atoms in total. The van der Waals surface area contributed by atoms with Crippen LogP contribution in [0.3, 0.4) is 0 Å². The van der Waals surface area contributed by atoms with E-state index in [9.17, 15) is 4.79 Å². The van der Waals surface area contributed by atoms with Crippen molar-refractivity contribution in [2.75, 3.05) is 13.1 Å². The normalized spacial score (nSPS) is 15.3. The van der Waals surface area contributed by atoms with Gasteiger partial charge in [-0.2, -0.15) is 0 Å². The van der Waals surface area contributed by atoms with Crippen molar-refractivity contribution >= 4 is 32.9 Å². The molecule has 0 bridgehead atoms. The average molecular weight is 413 g/mol. The summed E-state index contributed by atoms with van der Waals surface area (Å²) in [4.78, 5) is 23.5. The second-order valence-electron chi connectivity index (χ2n) is 7.80. The van der Waals surface area contributed by atoms with Crippen LogP contribution in [0.25, 0.3) is 11.0 Å². The number of benzene rings is 1. The van der Waals surface area contributed by atoms with Gasteiger partial charge in [0.1, 0.15) is 5.82 Å². The molecule has 1 aliphatic heterocycles. The Morgan fingerprint density at radius 1 is 1.19 bits per heavy atom. The van der Waals surface area contributed by atoms with Crippen molar-refractivity contribution in [2.45, 2.75) is 32.2 Å². The Morgan fingerprint density at radius 3 is 2.62 bits per heavy atom. The molecule has 1 saturated heterocycles. The predicted octanol–water partition coefficient (Wildman–Crippen LogP) is 4.19. The molecule has 1 aliphatic rings. The lowest BCUT2D eigenvalue weighted by Crippen LogP contribution is -2.51. The summed E-state index contributed by atoms with van der Waals surface area (Å²) in [5, 5.41) is 0. The zero-order valence-electron chi connectivity index (χ0n) is 15.1. The van der Waals surface area contributed by atoms with Gasteiger partial charge in [0, 0.05) is 35.4 Å². The molecule has 0 spiro atoms. The third kappa shape index (κ3) is 2.92. The van der Waals surface area contributed by atoms with Crippen LogP contribution in [0.5, 0.6) is 0 Å². The standard InChI is InChI=1S/C20H21BrN4O/c1-20(2,3)19-23-16-6-4-5-7-17(16)25(19)15-11-24(12-15)18(26)13-8-14(21)10-22-9-13/h4-10,15H,11-12H2,1-3H3. The van der Waals surface area contributed by atoms with Gasteiger partial charge in [0.2, 0.25) is 0 Å². The molecule has 26 heavy (non-hydrogen) atoms. The summed E-state index contributed by atoms with van der Waals surface area (Å²) in [5.74, 6) is 1.09. The lowest BCUT2D eigenvalue weighted by Gasteiger charge is -2.41. The molecule has 1 amide bonds. The van der Waals surface area contributed by atoms with E-state index in [1.54, 1.807) is 12.4 Å². The first kappa shape index (κ1) is 17.2. The molecule has 0 unspecified atom stereocenters. The first-order valence-corrected chi connectivity index (χ1v) is 9.51. The minimum Gasteiger partial charge on any atom is -0.334 e. The summed E-state index contributed by atoms with van der Waals surface area (Å²) in [5.41, 5.74) is 2.71. The van der Waals surface area contributed by atoms with E-state index in [0.717, 1.165) is 21.3 Å². The van der Waals surface area contributed by atoms with Crippen molar-refractivity contribution in [1.29, 1.82) is 0 Å². The van der Waals surface area contributed by atoms with E-state index in [0.29, 0.717) is 18.7 Å². The monoisotopic (exact) mass is 412 g/mol. The van der Waals surface area contributed by atoms with Crippen molar-refractivity contribution in [3.05, 3.63) is 58.6 Å².